The lowest BCUT2D eigenvalue weighted by atomic mass is 10.1. The zero-order valence-electron chi connectivity index (χ0n) is 16.6. The number of carbonyl (C=O) groups excluding carboxylic acids is 1. The number of aryl methyl sites for hydroxylation is 2. The van der Waals surface area contributed by atoms with E-state index in [4.69, 9.17) is 0 Å². The largest absolute Gasteiger partial charge is 0.343 e. The van der Waals surface area contributed by atoms with Gasteiger partial charge in [-0.25, -0.2) is 8.42 Å². The molecule has 2 aromatic carbocycles. The Kier molecular flexibility index (Phi) is 6.52. The molecule has 1 atom stereocenters. The van der Waals surface area contributed by atoms with Gasteiger partial charge in [0.15, 0.2) is 0 Å². The van der Waals surface area contributed by atoms with E-state index in [1.54, 1.807) is 29.5 Å². The van der Waals surface area contributed by atoms with E-state index >= 15 is 0 Å². The molecule has 0 radical (unpaired) electrons. The van der Waals surface area contributed by atoms with Crippen LogP contribution in [0.1, 0.15) is 27.6 Å². The lowest BCUT2D eigenvalue weighted by Crippen LogP contribution is -2.40. The van der Waals surface area contributed by atoms with E-state index in [1.807, 2.05) is 61.7 Å². The maximum absolute atomic E-state index is 12.9. The number of hydrogen-bond acceptors (Lipinski definition) is 4. The number of thiophene rings is 1. The standard InChI is InChI=1S/C22H24N2O3S2/c1-16-11-12-19(14-17(16)2)29(26,27)24(3)15-21(25)23-22(20-10-7-13-28-20)18-8-5-4-6-9-18/h4-14,22H,15H2,1-3H3,(H,23,25)/t22-/m0/s1. The van der Waals surface area contributed by atoms with Crippen molar-refractivity contribution in [3.8, 4) is 0 Å². The molecule has 0 saturated carbocycles. The number of carbonyl (C=O) groups is 1. The normalized spacial score (nSPS) is 12.7. The summed E-state index contributed by atoms with van der Waals surface area (Å²) in [7, 11) is -2.33. The average molecular weight is 429 g/mol. The van der Waals surface area contributed by atoms with E-state index < -0.39 is 10.0 Å². The van der Waals surface area contributed by atoms with Crippen LogP contribution >= 0.6 is 11.3 Å². The molecule has 1 amide bonds. The summed E-state index contributed by atoms with van der Waals surface area (Å²) < 4.78 is 26.8. The van der Waals surface area contributed by atoms with E-state index in [1.165, 1.54) is 7.05 Å². The topological polar surface area (TPSA) is 66.5 Å². The van der Waals surface area contributed by atoms with Crippen LogP contribution in [0.25, 0.3) is 0 Å². The first kappa shape index (κ1) is 21.2. The van der Waals surface area contributed by atoms with Crippen LogP contribution in [0.4, 0.5) is 0 Å². The molecule has 0 aliphatic rings. The van der Waals surface area contributed by atoms with Gasteiger partial charge in [-0.3, -0.25) is 4.79 Å². The molecule has 0 fully saturated rings. The smallest absolute Gasteiger partial charge is 0.243 e. The van der Waals surface area contributed by atoms with Gasteiger partial charge in [-0.15, -0.1) is 11.3 Å². The molecule has 1 aromatic heterocycles. The summed E-state index contributed by atoms with van der Waals surface area (Å²) in [4.78, 5) is 13.9. The van der Waals surface area contributed by atoms with Gasteiger partial charge in [0, 0.05) is 11.9 Å². The van der Waals surface area contributed by atoms with Crippen molar-refractivity contribution in [2.45, 2.75) is 24.8 Å². The highest BCUT2D eigenvalue weighted by molar-refractivity contribution is 7.89. The SMILES string of the molecule is Cc1ccc(S(=O)(=O)N(C)CC(=O)N[C@@H](c2ccccc2)c2cccs2)cc1C. The summed E-state index contributed by atoms with van der Waals surface area (Å²) in [6.45, 7) is 3.54. The summed E-state index contributed by atoms with van der Waals surface area (Å²) >= 11 is 1.55. The minimum Gasteiger partial charge on any atom is -0.343 e. The predicted molar refractivity (Wildman–Crippen MR) is 116 cm³/mol. The molecule has 152 valence electrons. The van der Waals surface area contributed by atoms with Gasteiger partial charge in [0.2, 0.25) is 15.9 Å². The number of amides is 1. The second kappa shape index (κ2) is 8.90. The number of likely N-dealkylation sites (N-methyl/N-ethyl adjacent to an activating group) is 1. The lowest BCUT2D eigenvalue weighted by molar-refractivity contribution is -0.121. The average Bonchev–Trinajstić information content (AvgIpc) is 3.23. The zero-order valence-corrected chi connectivity index (χ0v) is 18.3. The number of sulfonamides is 1. The second-order valence-corrected chi connectivity index (χ2v) is 9.96. The first-order valence-electron chi connectivity index (χ1n) is 9.20. The number of benzene rings is 2. The Morgan fingerprint density at radius 1 is 1.03 bits per heavy atom. The molecule has 0 bridgehead atoms. The molecule has 1 heterocycles. The van der Waals surface area contributed by atoms with Gasteiger partial charge in [-0.2, -0.15) is 4.31 Å². The molecule has 0 aliphatic heterocycles. The molecule has 0 aliphatic carbocycles. The van der Waals surface area contributed by atoms with E-state index in [0.717, 1.165) is 25.9 Å². The summed E-state index contributed by atoms with van der Waals surface area (Å²) in [6, 6.07) is 18.2. The number of rotatable bonds is 7. The Morgan fingerprint density at radius 2 is 1.76 bits per heavy atom. The quantitative estimate of drug-likeness (QED) is 0.621. The Bertz CT molecular complexity index is 1080. The highest BCUT2D eigenvalue weighted by Crippen LogP contribution is 2.26. The maximum atomic E-state index is 12.9. The van der Waals surface area contributed by atoms with Crippen molar-refractivity contribution in [2.75, 3.05) is 13.6 Å². The fourth-order valence-corrected chi connectivity index (χ4v) is 4.98. The molecular formula is C22H24N2O3S2. The zero-order chi connectivity index (χ0) is 21.0. The molecule has 7 heteroatoms. The summed E-state index contributed by atoms with van der Waals surface area (Å²) in [5.74, 6) is -0.359. The molecule has 0 unspecified atom stereocenters. The van der Waals surface area contributed by atoms with Crippen molar-refractivity contribution >= 4 is 27.3 Å². The van der Waals surface area contributed by atoms with Crippen LogP contribution in [0.15, 0.2) is 70.9 Å². The van der Waals surface area contributed by atoms with Crippen LogP contribution in [-0.4, -0.2) is 32.2 Å². The summed E-state index contributed by atoms with van der Waals surface area (Å²) in [5.41, 5.74) is 2.86. The van der Waals surface area contributed by atoms with Crippen molar-refractivity contribution in [3.05, 3.63) is 87.6 Å². The minimum atomic E-state index is -3.75. The van der Waals surface area contributed by atoms with Crippen molar-refractivity contribution < 1.29 is 13.2 Å². The molecule has 5 nitrogen and oxygen atoms in total. The van der Waals surface area contributed by atoms with Crippen LogP contribution in [0, 0.1) is 13.8 Å². The van der Waals surface area contributed by atoms with Gasteiger partial charge in [-0.05, 0) is 54.1 Å². The first-order valence-corrected chi connectivity index (χ1v) is 11.5. The Labute approximate surface area is 176 Å². The van der Waals surface area contributed by atoms with Gasteiger partial charge in [0.25, 0.3) is 0 Å². The molecule has 0 saturated heterocycles. The van der Waals surface area contributed by atoms with Gasteiger partial charge >= 0.3 is 0 Å². The number of hydrogen-bond donors (Lipinski definition) is 1. The monoisotopic (exact) mass is 428 g/mol. The van der Waals surface area contributed by atoms with Crippen LogP contribution in [0.5, 0.6) is 0 Å². The third-order valence-corrected chi connectivity index (χ3v) is 7.56. The second-order valence-electron chi connectivity index (χ2n) is 6.93. The summed E-state index contributed by atoms with van der Waals surface area (Å²) in [6.07, 6.45) is 0. The Balaban J connectivity index is 1.76. The molecule has 1 N–H and O–H groups in total. The summed E-state index contributed by atoms with van der Waals surface area (Å²) in [5, 5.41) is 4.93. The van der Waals surface area contributed by atoms with Crippen molar-refractivity contribution in [1.29, 1.82) is 0 Å². The molecular weight excluding hydrogens is 404 g/mol. The van der Waals surface area contributed by atoms with Crippen LogP contribution in [0.3, 0.4) is 0 Å². The highest BCUT2D eigenvalue weighted by Gasteiger charge is 2.25. The third-order valence-electron chi connectivity index (χ3n) is 4.82. The van der Waals surface area contributed by atoms with Gasteiger partial charge in [0.05, 0.1) is 17.5 Å². The molecule has 29 heavy (non-hydrogen) atoms. The third kappa shape index (κ3) is 4.93. The van der Waals surface area contributed by atoms with Crippen molar-refractivity contribution in [3.63, 3.8) is 0 Å². The van der Waals surface area contributed by atoms with E-state index in [-0.39, 0.29) is 23.4 Å². The molecule has 0 spiro atoms. The van der Waals surface area contributed by atoms with E-state index in [2.05, 4.69) is 5.32 Å². The Hall–Kier alpha value is -2.48. The van der Waals surface area contributed by atoms with E-state index in [9.17, 15) is 13.2 Å². The fraction of sp³-hybridized carbons (Fsp3) is 0.227. The number of nitrogens with zero attached hydrogens (tertiary/aromatic N) is 1. The lowest BCUT2D eigenvalue weighted by Gasteiger charge is -2.21. The Morgan fingerprint density at radius 3 is 2.38 bits per heavy atom. The van der Waals surface area contributed by atoms with Crippen molar-refractivity contribution in [2.24, 2.45) is 0 Å². The predicted octanol–water partition coefficient (Wildman–Crippen LogP) is 3.89. The maximum Gasteiger partial charge on any atom is 0.243 e. The van der Waals surface area contributed by atoms with Crippen LogP contribution in [0.2, 0.25) is 0 Å². The van der Waals surface area contributed by atoms with Crippen molar-refractivity contribution in [1.82, 2.24) is 9.62 Å². The molecule has 3 rings (SSSR count). The minimum absolute atomic E-state index is 0.189. The molecule has 3 aromatic rings. The number of nitrogens with one attached hydrogen (secondary N) is 1. The van der Waals surface area contributed by atoms with Crippen LogP contribution < -0.4 is 5.32 Å². The van der Waals surface area contributed by atoms with E-state index in [0.29, 0.717) is 0 Å². The van der Waals surface area contributed by atoms with Gasteiger partial charge in [0.1, 0.15) is 0 Å². The van der Waals surface area contributed by atoms with Gasteiger partial charge in [-0.1, -0.05) is 42.5 Å². The van der Waals surface area contributed by atoms with Crippen LogP contribution in [-0.2, 0) is 14.8 Å². The first-order chi connectivity index (χ1) is 13.8. The fourth-order valence-electron chi connectivity index (χ4n) is 2.97. The highest BCUT2D eigenvalue weighted by atomic mass is 32.2. The van der Waals surface area contributed by atoms with Gasteiger partial charge < -0.3 is 5.32 Å².